The predicted molar refractivity (Wildman–Crippen MR) is 73.2 cm³/mol. The second-order valence-electron chi connectivity index (χ2n) is 4.44. The van der Waals surface area contributed by atoms with Crippen LogP contribution in [0.4, 0.5) is 0 Å². The molecule has 0 bridgehead atoms. The lowest BCUT2D eigenvalue weighted by Gasteiger charge is -2.10. The molecule has 0 aromatic heterocycles. The van der Waals surface area contributed by atoms with E-state index in [1.807, 2.05) is 12.1 Å². The van der Waals surface area contributed by atoms with Crippen LogP contribution in [-0.4, -0.2) is 25.6 Å². The lowest BCUT2D eigenvalue weighted by molar-refractivity contribution is 0.0858. The average molecular weight is 313 g/mol. The van der Waals surface area contributed by atoms with Crippen molar-refractivity contribution < 1.29 is 14.3 Å². The fourth-order valence-electron chi connectivity index (χ4n) is 2.14. The highest BCUT2D eigenvalue weighted by Gasteiger charge is 2.18. The van der Waals surface area contributed by atoms with Crippen molar-refractivity contribution >= 4 is 21.7 Å². The van der Waals surface area contributed by atoms with Crippen molar-refractivity contribution in [1.29, 1.82) is 0 Å². The fourth-order valence-corrected chi connectivity index (χ4v) is 2.61. The third kappa shape index (κ3) is 3.33. The van der Waals surface area contributed by atoms with Crippen molar-refractivity contribution in [2.24, 2.45) is 0 Å². The number of hydrogen-bond acceptors (Lipinski definition) is 3. The standard InChI is InChI=1S/C14H17BrO3/c1-17-11-4-6-13(15)12(9-11)14(16)7-5-10-3-2-8-18-10/h4,6,9-10H,2-3,5,7-8H2,1H3. The van der Waals surface area contributed by atoms with E-state index in [-0.39, 0.29) is 11.9 Å². The van der Waals surface area contributed by atoms with Crippen LogP contribution in [-0.2, 0) is 4.74 Å². The van der Waals surface area contributed by atoms with Crippen LogP contribution in [0.1, 0.15) is 36.0 Å². The first kappa shape index (κ1) is 13.6. The molecule has 3 nitrogen and oxygen atoms in total. The van der Waals surface area contributed by atoms with Crippen molar-refractivity contribution in [3.8, 4) is 5.75 Å². The van der Waals surface area contributed by atoms with Gasteiger partial charge in [-0.1, -0.05) is 15.9 Å². The average Bonchev–Trinajstić information content (AvgIpc) is 2.89. The molecule has 2 rings (SSSR count). The Morgan fingerprint density at radius 3 is 3.06 bits per heavy atom. The zero-order valence-corrected chi connectivity index (χ0v) is 12.0. The maximum Gasteiger partial charge on any atom is 0.164 e. The molecule has 1 aliphatic rings. The van der Waals surface area contributed by atoms with Gasteiger partial charge in [0, 0.05) is 23.1 Å². The molecule has 1 unspecified atom stereocenters. The van der Waals surface area contributed by atoms with Gasteiger partial charge in [-0.2, -0.15) is 0 Å². The molecule has 1 saturated heterocycles. The molecule has 0 amide bonds. The number of benzene rings is 1. The Balaban J connectivity index is 1.98. The first-order chi connectivity index (χ1) is 8.70. The van der Waals surface area contributed by atoms with E-state index in [1.54, 1.807) is 13.2 Å². The molecule has 0 spiro atoms. The topological polar surface area (TPSA) is 35.5 Å². The van der Waals surface area contributed by atoms with Gasteiger partial charge in [0.25, 0.3) is 0 Å². The summed E-state index contributed by atoms with van der Waals surface area (Å²) in [6.07, 6.45) is 3.78. The van der Waals surface area contributed by atoms with Gasteiger partial charge >= 0.3 is 0 Å². The van der Waals surface area contributed by atoms with Crippen molar-refractivity contribution in [3.63, 3.8) is 0 Å². The Morgan fingerprint density at radius 1 is 1.56 bits per heavy atom. The molecule has 0 radical (unpaired) electrons. The second kappa shape index (κ2) is 6.34. The van der Waals surface area contributed by atoms with Gasteiger partial charge < -0.3 is 9.47 Å². The molecular weight excluding hydrogens is 296 g/mol. The van der Waals surface area contributed by atoms with Crippen molar-refractivity contribution in [1.82, 2.24) is 0 Å². The Kier molecular flexibility index (Phi) is 4.78. The molecule has 1 atom stereocenters. The molecule has 1 aromatic carbocycles. The number of rotatable bonds is 5. The number of Topliss-reactive ketones (excluding diaryl/α,β-unsaturated/α-hetero) is 1. The third-order valence-corrected chi connectivity index (χ3v) is 3.88. The quantitative estimate of drug-likeness (QED) is 0.779. The number of ether oxygens (including phenoxy) is 2. The van der Waals surface area contributed by atoms with Crippen LogP contribution in [0.2, 0.25) is 0 Å². The third-order valence-electron chi connectivity index (χ3n) is 3.19. The minimum atomic E-state index is 0.135. The molecule has 1 fully saturated rings. The largest absolute Gasteiger partial charge is 0.497 e. The van der Waals surface area contributed by atoms with Crippen LogP contribution in [0.5, 0.6) is 5.75 Å². The van der Waals surface area contributed by atoms with E-state index in [0.717, 1.165) is 30.3 Å². The van der Waals surface area contributed by atoms with Gasteiger partial charge in [-0.25, -0.2) is 0 Å². The van der Waals surface area contributed by atoms with Gasteiger partial charge in [0.1, 0.15) is 5.75 Å². The molecule has 1 aliphatic heterocycles. The van der Waals surface area contributed by atoms with Gasteiger partial charge in [-0.15, -0.1) is 0 Å². The Labute approximate surface area is 116 Å². The maximum atomic E-state index is 12.1. The van der Waals surface area contributed by atoms with Crippen LogP contribution in [0, 0.1) is 0 Å². The zero-order chi connectivity index (χ0) is 13.0. The van der Waals surface area contributed by atoms with Gasteiger partial charge in [0.15, 0.2) is 5.78 Å². The minimum Gasteiger partial charge on any atom is -0.497 e. The van der Waals surface area contributed by atoms with E-state index in [2.05, 4.69) is 15.9 Å². The van der Waals surface area contributed by atoms with Crippen LogP contribution >= 0.6 is 15.9 Å². The van der Waals surface area contributed by atoms with Crippen LogP contribution in [0.15, 0.2) is 22.7 Å². The van der Waals surface area contributed by atoms with E-state index in [1.165, 1.54) is 0 Å². The molecule has 1 heterocycles. The van der Waals surface area contributed by atoms with E-state index in [9.17, 15) is 4.79 Å². The second-order valence-corrected chi connectivity index (χ2v) is 5.30. The molecule has 98 valence electrons. The molecule has 1 aromatic rings. The summed E-state index contributed by atoms with van der Waals surface area (Å²) in [6.45, 7) is 0.835. The Bertz CT molecular complexity index is 425. The molecular formula is C14H17BrO3. The monoisotopic (exact) mass is 312 g/mol. The molecule has 18 heavy (non-hydrogen) atoms. The van der Waals surface area contributed by atoms with Gasteiger partial charge in [0.05, 0.1) is 13.2 Å². The highest BCUT2D eigenvalue weighted by molar-refractivity contribution is 9.10. The SMILES string of the molecule is COc1ccc(Br)c(C(=O)CCC2CCCO2)c1. The summed E-state index contributed by atoms with van der Waals surface area (Å²) in [5.41, 5.74) is 0.687. The summed E-state index contributed by atoms with van der Waals surface area (Å²) in [5, 5.41) is 0. The van der Waals surface area contributed by atoms with Crippen LogP contribution in [0.25, 0.3) is 0 Å². The van der Waals surface area contributed by atoms with Gasteiger partial charge in [0.2, 0.25) is 0 Å². The smallest absolute Gasteiger partial charge is 0.164 e. The predicted octanol–water partition coefficient (Wildman–Crippen LogP) is 3.60. The van der Waals surface area contributed by atoms with E-state index < -0.39 is 0 Å². The number of methoxy groups -OCH3 is 1. The van der Waals surface area contributed by atoms with E-state index >= 15 is 0 Å². The summed E-state index contributed by atoms with van der Waals surface area (Å²) >= 11 is 3.41. The van der Waals surface area contributed by atoms with Crippen LogP contribution in [0.3, 0.4) is 0 Å². The lowest BCUT2D eigenvalue weighted by Crippen LogP contribution is -2.09. The number of carbonyl (C=O) groups is 1. The number of carbonyl (C=O) groups excluding carboxylic acids is 1. The summed E-state index contributed by atoms with van der Waals surface area (Å²) in [4.78, 5) is 12.1. The summed E-state index contributed by atoms with van der Waals surface area (Å²) < 4.78 is 11.5. The fraction of sp³-hybridized carbons (Fsp3) is 0.500. The van der Waals surface area contributed by atoms with Crippen LogP contribution < -0.4 is 4.74 Å². The van der Waals surface area contributed by atoms with Gasteiger partial charge in [-0.3, -0.25) is 4.79 Å². The van der Waals surface area contributed by atoms with Crippen molar-refractivity contribution in [3.05, 3.63) is 28.2 Å². The molecule has 0 aliphatic carbocycles. The minimum absolute atomic E-state index is 0.135. The summed E-state index contributed by atoms with van der Waals surface area (Å²) in [6, 6.07) is 5.46. The number of halogens is 1. The lowest BCUT2D eigenvalue weighted by atomic mass is 10.0. The normalized spacial score (nSPS) is 18.9. The van der Waals surface area contributed by atoms with E-state index in [4.69, 9.17) is 9.47 Å². The first-order valence-corrected chi connectivity index (χ1v) is 6.98. The van der Waals surface area contributed by atoms with Crippen molar-refractivity contribution in [2.75, 3.05) is 13.7 Å². The molecule has 4 heteroatoms. The number of hydrogen-bond donors (Lipinski definition) is 0. The molecule has 0 saturated carbocycles. The highest BCUT2D eigenvalue weighted by Crippen LogP contribution is 2.25. The molecule has 0 N–H and O–H groups in total. The zero-order valence-electron chi connectivity index (χ0n) is 10.4. The summed E-state index contributed by atoms with van der Waals surface area (Å²) in [5.74, 6) is 0.843. The first-order valence-electron chi connectivity index (χ1n) is 6.19. The Hall–Kier alpha value is -0.870. The highest BCUT2D eigenvalue weighted by atomic mass is 79.9. The maximum absolute atomic E-state index is 12.1. The summed E-state index contributed by atoms with van der Waals surface area (Å²) in [7, 11) is 1.60. The van der Waals surface area contributed by atoms with Gasteiger partial charge in [-0.05, 0) is 37.5 Å². The van der Waals surface area contributed by atoms with E-state index in [0.29, 0.717) is 17.7 Å². The Morgan fingerprint density at radius 2 is 2.39 bits per heavy atom. The number of ketones is 1. The van der Waals surface area contributed by atoms with Crippen molar-refractivity contribution in [2.45, 2.75) is 31.8 Å².